The molecule has 0 aliphatic heterocycles. The Bertz CT molecular complexity index is 948. The molecule has 0 unspecified atom stereocenters. The Labute approximate surface area is 160 Å². The van der Waals surface area contributed by atoms with Gasteiger partial charge in [0, 0.05) is 29.7 Å². The van der Waals surface area contributed by atoms with Gasteiger partial charge in [0.15, 0.2) is 10.9 Å². The SMILES string of the molecule is Cc1cc(C(=O)CSc2nncn2C)c(C)n1-c1ccc(Cl)c(Cl)c1. The van der Waals surface area contributed by atoms with Gasteiger partial charge in [-0.15, -0.1) is 10.2 Å². The summed E-state index contributed by atoms with van der Waals surface area (Å²) < 4.78 is 3.79. The summed E-state index contributed by atoms with van der Waals surface area (Å²) >= 11 is 13.5. The van der Waals surface area contributed by atoms with Crippen molar-refractivity contribution in [1.82, 2.24) is 19.3 Å². The third kappa shape index (κ3) is 3.61. The zero-order valence-electron chi connectivity index (χ0n) is 14.0. The van der Waals surface area contributed by atoms with Crippen LogP contribution in [0.25, 0.3) is 5.69 Å². The van der Waals surface area contributed by atoms with Crippen LogP contribution in [0.1, 0.15) is 21.7 Å². The zero-order chi connectivity index (χ0) is 18.1. The molecular formula is C17H16Cl2N4OS. The molecule has 0 saturated carbocycles. The van der Waals surface area contributed by atoms with E-state index in [0.717, 1.165) is 17.1 Å². The fourth-order valence-electron chi connectivity index (χ4n) is 2.68. The van der Waals surface area contributed by atoms with Crippen molar-refractivity contribution in [2.24, 2.45) is 7.05 Å². The molecule has 0 N–H and O–H groups in total. The van der Waals surface area contributed by atoms with E-state index in [1.165, 1.54) is 11.8 Å². The molecular weight excluding hydrogens is 379 g/mol. The Morgan fingerprint density at radius 3 is 2.60 bits per heavy atom. The molecule has 0 aliphatic carbocycles. The average Bonchev–Trinajstić information content (AvgIpc) is 3.11. The number of rotatable bonds is 5. The first-order chi connectivity index (χ1) is 11.9. The van der Waals surface area contributed by atoms with Crippen molar-refractivity contribution in [2.45, 2.75) is 19.0 Å². The second-order valence-electron chi connectivity index (χ2n) is 5.65. The van der Waals surface area contributed by atoms with Gasteiger partial charge in [0.1, 0.15) is 6.33 Å². The van der Waals surface area contributed by atoms with Crippen LogP contribution in [0.2, 0.25) is 10.0 Å². The Kier molecular flexibility index (Phi) is 5.22. The maximum absolute atomic E-state index is 12.7. The number of halogens is 2. The van der Waals surface area contributed by atoms with Gasteiger partial charge in [-0.25, -0.2) is 0 Å². The van der Waals surface area contributed by atoms with Crippen molar-refractivity contribution >= 4 is 40.7 Å². The molecule has 25 heavy (non-hydrogen) atoms. The molecule has 3 aromatic rings. The first kappa shape index (κ1) is 18.0. The van der Waals surface area contributed by atoms with Crippen LogP contribution in [0.15, 0.2) is 35.7 Å². The highest BCUT2D eigenvalue weighted by Gasteiger charge is 2.18. The lowest BCUT2D eigenvalue weighted by molar-refractivity contribution is 0.102. The minimum Gasteiger partial charge on any atom is -0.318 e. The minimum atomic E-state index is 0.0485. The summed E-state index contributed by atoms with van der Waals surface area (Å²) in [5.41, 5.74) is 3.41. The summed E-state index contributed by atoms with van der Waals surface area (Å²) in [6.45, 7) is 3.89. The quantitative estimate of drug-likeness (QED) is 0.471. The molecule has 130 valence electrons. The molecule has 5 nitrogen and oxygen atoms in total. The molecule has 8 heteroatoms. The van der Waals surface area contributed by atoms with Gasteiger partial charge < -0.3 is 9.13 Å². The summed E-state index contributed by atoms with van der Waals surface area (Å²) in [5.74, 6) is 0.352. The van der Waals surface area contributed by atoms with E-state index >= 15 is 0 Å². The van der Waals surface area contributed by atoms with Crippen molar-refractivity contribution in [1.29, 1.82) is 0 Å². The number of Topliss-reactive ketones (excluding diaryl/α,β-unsaturated/α-hetero) is 1. The van der Waals surface area contributed by atoms with Crippen LogP contribution < -0.4 is 0 Å². The maximum Gasteiger partial charge on any atom is 0.191 e. The van der Waals surface area contributed by atoms with Crippen molar-refractivity contribution in [3.05, 3.63) is 57.6 Å². The zero-order valence-corrected chi connectivity index (χ0v) is 16.3. The molecule has 0 amide bonds. The van der Waals surface area contributed by atoms with Crippen molar-refractivity contribution in [2.75, 3.05) is 5.75 Å². The van der Waals surface area contributed by atoms with Crippen molar-refractivity contribution < 1.29 is 4.79 Å². The molecule has 0 fully saturated rings. The Morgan fingerprint density at radius 2 is 1.96 bits per heavy atom. The fraction of sp³-hybridized carbons (Fsp3) is 0.235. The lowest BCUT2D eigenvalue weighted by Crippen LogP contribution is -2.06. The van der Waals surface area contributed by atoms with Crippen molar-refractivity contribution in [3.8, 4) is 5.69 Å². The van der Waals surface area contributed by atoms with E-state index in [1.54, 1.807) is 23.0 Å². The van der Waals surface area contributed by atoms with Crippen LogP contribution >= 0.6 is 35.0 Å². The lowest BCUT2D eigenvalue weighted by atomic mass is 10.2. The number of hydrogen-bond acceptors (Lipinski definition) is 4. The number of thioether (sulfide) groups is 1. The van der Waals surface area contributed by atoms with Crippen LogP contribution in [0.5, 0.6) is 0 Å². The van der Waals surface area contributed by atoms with Gasteiger partial charge in [-0.05, 0) is 38.1 Å². The van der Waals surface area contributed by atoms with E-state index in [2.05, 4.69) is 10.2 Å². The van der Waals surface area contributed by atoms with Crippen LogP contribution in [0.4, 0.5) is 0 Å². The monoisotopic (exact) mass is 394 g/mol. The van der Waals surface area contributed by atoms with Crippen LogP contribution in [-0.4, -0.2) is 30.9 Å². The number of aryl methyl sites for hydroxylation is 2. The summed E-state index contributed by atoms with van der Waals surface area (Å²) in [6, 6.07) is 7.34. The van der Waals surface area contributed by atoms with Gasteiger partial charge in [-0.3, -0.25) is 4.79 Å². The molecule has 0 radical (unpaired) electrons. The highest BCUT2D eigenvalue weighted by atomic mass is 35.5. The lowest BCUT2D eigenvalue weighted by Gasteiger charge is -2.11. The molecule has 2 heterocycles. The molecule has 0 spiro atoms. The summed E-state index contributed by atoms with van der Waals surface area (Å²) in [5, 5.41) is 9.50. The number of hydrogen-bond donors (Lipinski definition) is 0. The third-order valence-corrected chi connectivity index (χ3v) is 5.67. The number of nitrogens with zero attached hydrogens (tertiary/aromatic N) is 4. The van der Waals surface area contributed by atoms with Gasteiger partial charge in [-0.2, -0.15) is 0 Å². The second-order valence-corrected chi connectivity index (χ2v) is 7.41. The molecule has 0 aliphatic rings. The number of carbonyl (C=O) groups excluding carboxylic acids is 1. The van der Waals surface area contributed by atoms with Crippen molar-refractivity contribution in [3.63, 3.8) is 0 Å². The van der Waals surface area contributed by atoms with E-state index in [0.29, 0.717) is 26.5 Å². The molecule has 3 rings (SSSR count). The predicted molar refractivity (Wildman–Crippen MR) is 101 cm³/mol. The average molecular weight is 395 g/mol. The standard InChI is InChI=1S/C17H16Cl2N4OS/c1-10-6-13(16(24)8-25-17-21-20-9-22(17)3)11(2)23(10)12-4-5-14(18)15(19)7-12/h4-7,9H,8H2,1-3H3. The normalized spacial score (nSPS) is 11.1. The largest absolute Gasteiger partial charge is 0.318 e. The maximum atomic E-state index is 12.7. The van der Waals surface area contributed by atoms with E-state index in [4.69, 9.17) is 23.2 Å². The second kappa shape index (κ2) is 7.23. The Balaban J connectivity index is 1.87. The van der Waals surface area contributed by atoms with Crippen LogP contribution in [0.3, 0.4) is 0 Å². The first-order valence-electron chi connectivity index (χ1n) is 7.53. The van der Waals surface area contributed by atoms with Gasteiger partial charge in [0.05, 0.1) is 15.8 Å². The smallest absolute Gasteiger partial charge is 0.191 e. The summed E-state index contributed by atoms with van der Waals surface area (Å²) in [4.78, 5) is 12.7. The topological polar surface area (TPSA) is 52.7 Å². The highest BCUT2D eigenvalue weighted by Crippen LogP contribution is 2.28. The van der Waals surface area contributed by atoms with Gasteiger partial charge in [0.25, 0.3) is 0 Å². The summed E-state index contributed by atoms with van der Waals surface area (Å²) in [7, 11) is 1.85. The van der Waals surface area contributed by atoms with Crippen LogP contribution in [-0.2, 0) is 7.05 Å². The predicted octanol–water partition coefficient (Wildman–Crippen LogP) is 4.50. The van der Waals surface area contributed by atoms with E-state index in [1.807, 2.05) is 37.6 Å². The first-order valence-corrected chi connectivity index (χ1v) is 9.27. The van der Waals surface area contributed by atoms with E-state index in [9.17, 15) is 4.79 Å². The fourth-order valence-corrected chi connectivity index (χ4v) is 3.74. The van der Waals surface area contributed by atoms with Crippen LogP contribution in [0, 0.1) is 13.8 Å². The number of aromatic nitrogens is 4. The summed E-state index contributed by atoms with van der Waals surface area (Å²) in [6.07, 6.45) is 1.61. The third-order valence-electron chi connectivity index (χ3n) is 3.90. The van der Waals surface area contributed by atoms with E-state index in [-0.39, 0.29) is 5.78 Å². The van der Waals surface area contributed by atoms with Gasteiger partial charge >= 0.3 is 0 Å². The molecule has 0 saturated heterocycles. The Hall–Kier alpha value is -1.76. The molecule has 1 aromatic carbocycles. The number of carbonyl (C=O) groups is 1. The number of ketones is 1. The van der Waals surface area contributed by atoms with Gasteiger partial charge in [0.2, 0.25) is 0 Å². The Morgan fingerprint density at radius 1 is 1.20 bits per heavy atom. The number of benzene rings is 1. The van der Waals surface area contributed by atoms with E-state index < -0.39 is 0 Å². The minimum absolute atomic E-state index is 0.0485. The molecule has 0 bridgehead atoms. The molecule has 2 aromatic heterocycles. The van der Waals surface area contributed by atoms with Gasteiger partial charge in [-0.1, -0.05) is 35.0 Å². The molecule has 0 atom stereocenters. The highest BCUT2D eigenvalue weighted by molar-refractivity contribution is 7.99.